The summed E-state index contributed by atoms with van der Waals surface area (Å²) < 4.78 is 0.860. The summed E-state index contributed by atoms with van der Waals surface area (Å²) in [6.07, 6.45) is 1.87. The van der Waals surface area contributed by atoms with Crippen LogP contribution in [0.4, 0.5) is 5.69 Å². The molecule has 0 fully saturated rings. The second-order valence-corrected chi connectivity index (χ2v) is 6.74. The van der Waals surface area contributed by atoms with E-state index in [-0.39, 0.29) is 5.91 Å². The summed E-state index contributed by atoms with van der Waals surface area (Å²) in [7, 11) is 0. The molecular weight excluding hydrogens is 398 g/mol. The second kappa shape index (κ2) is 8.15. The van der Waals surface area contributed by atoms with E-state index >= 15 is 0 Å². The van der Waals surface area contributed by atoms with Crippen molar-refractivity contribution in [2.75, 3.05) is 5.32 Å². The van der Waals surface area contributed by atoms with Crippen LogP contribution in [0.15, 0.2) is 83.3 Å². The van der Waals surface area contributed by atoms with Gasteiger partial charge in [0.1, 0.15) is 0 Å². The third-order valence-electron chi connectivity index (χ3n) is 3.62. The van der Waals surface area contributed by atoms with E-state index in [9.17, 15) is 4.79 Å². The van der Waals surface area contributed by atoms with Crippen LogP contribution in [-0.4, -0.2) is 5.91 Å². The number of carbonyl (C=O) groups is 1. The molecule has 2 nitrogen and oxygen atoms in total. The Morgan fingerprint density at radius 3 is 2.20 bits per heavy atom. The minimum atomic E-state index is -0.209. The Hall–Kier alpha value is -2.36. The van der Waals surface area contributed by atoms with Crippen molar-refractivity contribution in [2.24, 2.45) is 0 Å². The van der Waals surface area contributed by atoms with Gasteiger partial charge in [-0.3, -0.25) is 4.79 Å². The smallest absolute Gasteiger partial charge is 0.256 e. The first kappa shape index (κ1) is 17.5. The fourth-order valence-electron chi connectivity index (χ4n) is 2.39. The fraction of sp³-hybridized carbons (Fsp3) is 0. The van der Waals surface area contributed by atoms with Gasteiger partial charge in [0, 0.05) is 10.0 Å². The molecule has 0 saturated heterocycles. The molecule has 0 atom stereocenters. The number of amides is 1. The van der Waals surface area contributed by atoms with Crippen LogP contribution in [0.2, 0.25) is 5.02 Å². The van der Waals surface area contributed by atoms with Crippen LogP contribution >= 0.6 is 27.5 Å². The number of halogens is 2. The molecule has 0 spiro atoms. The predicted octanol–water partition coefficient (Wildman–Crippen LogP) is 6.28. The molecule has 25 heavy (non-hydrogen) atoms. The highest BCUT2D eigenvalue weighted by atomic mass is 79.9. The number of anilines is 1. The maximum absolute atomic E-state index is 12.9. The van der Waals surface area contributed by atoms with Gasteiger partial charge in [0.2, 0.25) is 0 Å². The number of hydrogen-bond acceptors (Lipinski definition) is 1. The minimum Gasteiger partial charge on any atom is -0.321 e. The van der Waals surface area contributed by atoms with Crippen LogP contribution in [-0.2, 0) is 4.79 Å². The lowest BCUT2D eigenvalue weighted by Gasteiger charge is -2.11. The van der Waals surface area contributed by atoms with E-state index in [4.69, 9.17) is 11.6 Å². The zero-order valence-electron chi connectivity index (χ0n) is 13.2. The molecule has 0 aliphatic rings. The van der Waals surface area contributed by atoms with Crippen LogP contribution in [0.25, 0.3) is 11.6 Å². The van der Waals surface area contributed by atoms with E-state index in [2.05, 4.69) is 21.2 Å². The van der Waals surface area contributed by atoms with E-state index in [1.165, 1.54) is 0 Å². The first-order valence-corrected chi connectivity index (χ1v) is 8.89. The maximum atomic E-state index is 12.9. The molecule has 0 aliphatic carbocycles. The average Bonchev–Trinajstić information content (AvgIpc) is 2.63. The van der Waals surface area contributed by atoms with Crippen molar-refractivity contribution >= 4 is 50.8 Å². The summed E-state index contributed by atoms with van der Waals surface area (Å²) >= 11 is 9.58. The minimum absolute atomic E-state index is 0.209. The Morgan fingerprint density at radius 2 is 1.56 bits per heavy atom. The number of hydrogen-bond donors (Lipinski definition) is 1. The Bertz CT molecular complexity index is 908. The van der Waals surface area contributed by atoms with Crippen molar-refractivity contribution in [3.05, 3.63) is 99.5 Å². The van der Waals surface area contributed by atoms with Gasteiger partial charge in [0.25, 0.3) is 5.91 Å². The summed E-state index contributed by atoms with van der Waals surface area (Å²) in [5.74, 6) is -0.209. The van der Waals surface area contributed by atoms with E-state index in [1.54, 1.807) is 12.1 Å². The third-order valence-corrected chi connectivity index (χ3v) is 4.43. The Balaban J connectivity index is 1.97. The first-order chi connectivity index (χ1) is 12.1. The largest absolute Gasteiger partial charge is 0.321 e. The molecule has 0 aromatic heterocycles. The average molecular weight is 413 g/mol. The summed E-state index contributed by atoms with van der Waals surface area (Å²) in [4.78, 5) is 12.9. The Kier molecular flexibility index (Phi) is 5.69. The highest BCUT2D eigenvalue weighted by Crippen LogP contribution is 2.27. The molecular formula is C21H15BrClNO. The zero-order valence-corrected chi connectivity index (χ0v) is 15.6. The molecule has 0 bridgehead atoms. The molecule has 124 valence electrons. The topological polar surface area (TPSA) is 29.1 Å². The molecule has 0 saturated carbocycles. The number of nitrogens with one attached hydrogen (secondary N) is 1. The molecule has 1 amide bonds. The molecule has 0 radical (unpaired) electrons. The summed E-state index contributed by atoms with van der Waals surface area (Å²) in [5, 5.41) is 3.38. The molecule has 1 N–H and O–H groups in total. The normalized spacial score (nSPS) is 11.2. The van der Waals surface area contributed by atoms with Crippen LogP contribution in [0, 0.1) is 0 Å². The summed E-state index contributed by atoms with van der Waals surface area (Å²) in [5.41, 5.74) is 2.95. The molecule has 4 heteroatoms. The van der Waals surface area contributed by atoms with Crippen molar-refractivity contribution in [1.82, 2.24) is 0 Å². The Labute approximate surface area is 160 Å². The molecule has 3 aromatic carbocycles. The molecule has 0 aliphatic heterocycles. The van der Waals surface area contributed by atoms with Crippen molar-refractivity contribution in [3.63, 3.8) is 0 Å². The monoisotopic (exact) mass is 411 g/mol. The van der Waals surface area contributed by atoms with Gasteiger partial charge in [-0.05, 0) is 35.4 Å². The SMILES string of the molecule is O=C(Nc1ccc(Br)cc1Cl)/C(=C/c1ccccc1)c1ccccc1. The van der Waals surface area contributed by atoms with Crippen LogP contribution in [0.3, 0.4) is 0 Å². The molecule has 0 unspecified atom stereocenters. The van der Waals surface area contributed by atoms with Crippen molar-refractivity contribution in [1.29, 1.82) is 0 Å². The quantitative estimate of drug-likeness (QED) is 0.396. The second-order valence-electron chi connectivity index (χ2n) is 5.41. The highest BCUT2D eigenvalue weighted by molar-refractivity contribution is 9.10. The van der Waals surface area contributed by atoms with Gasteiger partial charge >= 0.3 is 0 Å². The standard InChI is InChI=1S/C21H15BrClNO/c22-17-11-12-20(19(23)14-17)24-21(25)18(16-9-5-2-6-10-16)13-15-7-3-1-4-8-15/h1-14H,(H,24,25)/b18-13+. The number of rotatable bonds is 4. The van der Waals surface area contributed by atoms with Crippen molar-refractivity contribution in [3.8, 4) is 0 Å². The van der Waals surface area contributed by atoms with Crippen LogP contribution in [0.1, 0.15) is 11.1 Å². The zero-order chi connectivity index (χ0) is 17.6. The van der Waals surface area contributed by atoms with Crippen molar-refractivity contribution in [2.45, 2.75) is 0 Å². The molecule has 3 rings (SSSR count). The summed E-state index contributed by atoms with van der Waals surface area (Å²) in [6.45, 7) is 0. The summed E-state index contributed by atoms with van der Waals surface area (Å²) in [6, 6.07) is 24.7. The van der Waals surface area contributed by atoms with Gasteiger partial charge in [-0.25, -0.2) is 0 Å². The van der Waals surface area contributed by atoms with Crippen molar-refractivity contribution < 1.29 is 4.79 Å². The predicted molar refractivity (Wildman–Crippen MR) is 109 cm³/mol. The molecule has 0 heterocycles. The van der Waals surface area contributed by atoms with Gasteiger partial charge in [0.05, 0.1) is 10.7 Å². The first-order valence-electron chi connectivity index (χ1n) is 7.72. The highest BCUT2D eigenvalue weighted by Gasteiger charge is 2.14. The van der Waals surface area contributed by atoms with Crippen LogP contribution in [0.5, 0.6) is 0 Å². The van der Waals surface area contributed by atoms with E-state index < -0.39 is 0 Å². The number of benzene rings is 3. The number of carbonyl (C=O) groups excluding carboxylic acids is 1. The van der Waals surface area contributed by atoms with Gasteiger partial charge in [0.15, 0.2) is 0 Å². The fourth-order valence-corrected chi connectivity index (χ4v) is 3.11. The van der Waals surface area contributed by atoms with E-state index in [0.29, 0.717) is 16.3 Å². The third kappa shape index (κ3) is 4.59. The Morgan fingerprint density at radius 1 is 0.920 bits per heavy atom. The van der Waals surface area contributed by atoms with Gasteiger partial charge in [-0.15, -0.1) is 0 Å². The lowest BCUT2D eigenvalue weighted by Crippen LogP contribution is -2.14. The lowest BCUT2D eigenvalue weighted by atomic mass is 10.0. The van der Waals surface area contributed by atoms with Crippen LogP contribution < -0.4 is 5.32 Å². The molecule has 3 aromatic rings. The van der Waals surface area contributed by atoms with E-state index in [1.807, 2.05) is 72.8 Å². The lowest BCUT2D eigenvalue weighted by molar-refractivity contribution is -0.111. The van der Waals surface area contributed by atoms with E-state index in [0.717, 1.165) is 15.6 Å². The maximum Gasteiger partial charge on any atom is 0.256 e. The van der Waals surface area contributed by atoms with Gasteiger partial charge in [-0.2, -0.15) is 0 Å². The van der Waals surface area contributed by atoms with Gasteiger partial charge < -0.3 is 5.32 Å². The van der Waals surface area contributed by atoms with Gasteiger partial charge in [-0.1, -0.05) is 88.2 Å².